The summed E-state index contributed by atoms with van der Waals surface area (Å²) in [6, 6.07) is 20.8. The molecule has 0 aliphatic rings. The van der Waals surface area contributed by atoms with Crippen LogP contribution in [0.5, 0.6) is 5.75 Å². The molecule has 0 saturated heterocycles. The van der Waals surface area contributed by atoms with Gasteiger partial charge in [-0.15, -0.1) is 0 Å². The molecule has 0 bridgehead atoms. The second kappa shape index (κ2) is 8.26. The van der Waals surface area contributed by atoms with Gasteiger partial charge in [-0.1, -0.05) is 30.3 Å². The number of ether oxygens (including phenoxy) is 1. The Balaban J connectivity index is 1.48. The van der Waals surface area contributed by atoms with E-state index in [4.69, 9.17) is 4.74 Å². The van der Waals surface area contributed by atoms with Crippen molar-refractivity contribution in [1.29, 1.82) is 0 Å². The maximum atomic E-state index is 13.6. The summed E-state index contributed by atoms with van der Waals surface area (Å²) in [5, 5.41) is 0. The van der Waals surface area contributed by atoms with Gasteiger partial charge in [0.15, 0.2) is 0 Å². The van der Waals surface area contributed by atoms with E-state index in [1.807, 2.05) is 54.6 Å². The lowest BCUT2D eigenvalue weighted by molar-refractivity contribution is 0.299. The largest absolute Gasteiger partial charge is 0.489 e. The molecule has 3 nitrogen and oxygen atoms in total. The summed E-state index contributed by atoms with van der Waals surface area (Å²) in [5.74, 6) is -0.571. The van der Waals surface area contributed by atoms with Gasteiger partial charge in [-0.25, -0.2) is 14.2 Å². The zero-order valence-electron chi connectivity index (χ0n) is 13.5. The zero-order valence-corrected chi connectivity index (χ0v) is 13.5. The molecule has 3 aromatic rings. The van der Waals surface area contributed by atoms with Crippen LogP contribution in [0.3, 0.4) is 0 Å². The van der Waals surface area contributed by atoms with Crippen LogP contribution in [0, 0.1) is 11.6 Å². The van der Waals surface area contributed by atoms with E-state index in [0.29, 0.717) is 17.9 Å². The lowest BCUT2D eigenvalue weighted by Crippen LogP contribution is -2.20. The van der Waals surface area contributed by atoms with Gasteiger partial charge in [0.25, 0.3) is 0 Å². The first kappa shape index (κ1) is 16.9. The fourth-order valence-corrected chi connectivity index (χ4v) is 2.27. The van der Waals surface area contributed by atoms with Crippen molar-refractivity contribution in [3.05, 3.63) is 95.6 Å². The number of rotatable bonds is 7. The lowest BCUT2D eigenvalue weighted by atomic mass is 10.2. The smallest absolute Gasteiger partial charge is 0.132 e. The van der Waals surface area contributed by atoms with Crippen LogP contribution >= 0.6 is 0 Å². The number of halogens is 2. The Bertz CT molecular complexity index is 808. The van der Waals surface area contributed by atoms with Gasteiger partial charge in [0.1, 0.15) is 24.0 Å². The standard InChI is InChI=1S/C20H18F2N2O/c21-17-9-8-16(20(22)12-17)14-25-19-10-6-15(7-11-19)13-23-24-18-4-2-1-3-5-18/h1-12,23-24H,13-14H2. The minimum atomic E-state index is -0.604. The Morgan fingerprint density at radius 2 is 1.60 bits per heavy atom. The highest BCUT2D eigenvalue weighted by Gasteiger charge is 2.04. The van der Waals surface area contributed by atoms with Crippen LogP contribution in [-0.2, 0) is 13.2 Å². The van der Waals surface area contributed by atoms with Gasteiger partial charge in [-0.05, 0) is 42.0 Å². The topological polar surface area (TPSA) is 33.3 Å². The van der Waals surface area contributed by atoms with Gasteiger partial charge in [0, 0.05) is 23.9 Å². The molecule has 0 atom stereocenters. The van der Waals surface area contributed by atoms with Crippen LogP contribution in [0.2, 0.25) is 0 Å². The molecule has 0 heterocycles. The molecule has 128 valence electrons. The molecule has 0 aliphatic carbocycles. The maximum absolute atomic E-state index is 13.6. The molecule has 0 saturated carbocycles. The fraction of sp³-hybridized carbons (Fsp3) is 0.100. The quantitative estimate of drug-likeness (QED) is 0.614. The molecule has 5 heteroatoms. The van der Waals surface area contributed by atoms with Crippen molar-refractivity contribution >= 4 is 5.69 Å². The Morgan fingerprint density at radius 1 is 0.840 bits per heavy atom. The van der Waals surface area contributed by atoms with Crippen LogP contribution in [0.15, 0.2) is 72.8 Å². The molecule has 25 heavy (non-hydrogen) atoms. The molecule has 0 unspecified atom stereocenters. The fourth-order valence-electron chi connectivity index (χ4n) is 2.27. The zero-order chi connectivity index (χ0) is 17.5. The number of anilines is 1. The van der Waals surface area contributed by atoms with E-state index in [2.05, 4.69) is 10.9 Å². The van der Waals surface area contributed by atoms with Gasteiger partial charge >= 0.3 is 0 Å². The van der Waals surface area contributed by atoms with E-state index >= 15 is 0 Å². The highest BCUT2D eigenvalue weighted by Crippen LogP contribution is 2.16. The van der Waals surface area contributed by atoms with Crippen molar-refractivity contribution in [2.45, 2.75) is 13.2 Å². The van der Waals surface area contributed by atoms with Crippen LogP contribution in [0.4, 0.5) is 14.5 Å². The van der Waals surface area contributed by atoms with Crippen molar-refractivity contribution in [3.8, 4) is 5.75 Å². The van der Waals surface area contributed by atoms with Gasteiger partial charge < -0.3 is 10.2 Å². The number of benzene rings is 3. The second-order valence-corrected chi connectivity index (χ2v) is 5.51. The lowest BCUT2D eigenvalue weighted by Gasteiger charge is -2.10. The second-order valence-electron chi connectivity index (χ2n) is 5.51. The van der Waals surface area contributed by atoms with Gasteiger partial charge in [-0.3, -0.25) is 0 Å². The number of hydrogen-bond acceptors (Lipinski definition) is 3. The molecule has 0 spiro atoms. The van der Waals surface area contributed by atoms with Gasteiger partial charge in [-0.2, -0.15) is 0 Å². The number of para-hydroxylation sites is 1. The number of hydrogen-bond donors (Lipinski definition) is 2. The van der Waals surface area contributed by atoms with Gasteiger partial charge in [0.05, 0.1) is 0 Å². The molecule has 0 radical (unpaired) electrons. The van der Waals surface area contributed by atoms with Crippen LogP contribution < -0.4 is 15.6 Å². The SMILES string of the molecule is Fc1ccc(COc2ccc(CNNc3ccccc3)cc2)c(F)c1. The predicted octanol–water partition coefficient (Wildman–Crippen LogP) is 4.66. The third-order valence-electron chi connectivity index (χ3n) is 3.63. The molecule has 0 amide bonds. The first-order valence-corrected chi connectivity index (χ1v) is 7.90. The Hall–Kier alpha value is -2.92. The van der Waals surface area contributed by atoms with Gasteiger partial charge in [0.2, 0.25) is 0 Å². The van der Waals surface area contributed by atoms with Crippen molar-refractivity contribution < 1.29 is 13.5 Å². The highest BCUT2D eigenvalue weighted by molar-refractivity contribution is 5.41. The summed E-state index contributed by atoms with van der Waals surface area (Å²) in [6.45, 7) is 0.695. The first-order chi connectivity index (χ1) is 12.2. The minimum absolute atomic E-state index is 0.0548. The molecule has 3 rings (SSSR count). The molecule has 2 N–H and O–H groups in total. The molecular weight excluding hydrogens is 322 g/mol. The molecule has 0 fully saturated rings. The Labute approximate surface area is 145 Å². The number of nitrogens with one attached hydrogen (secondary N) is 2. The predicted molar refractivity (Wildman–Crippen MR) is 94.0 cm³/mol. The van der Waals surface area contributed by atoms with E-state index < -0.39 is 11.6 Å². The third-order valence-corrected chi connectivity index (χ3v) is 3.63. The average Bonchev–Trinajstić information content (AvgIpc) is 2.63. The third kappa shape index (κ3) is 5.02. The summed E-state index contributed by atoms with van der Waals surface area (Å²) in [4.78, 5) is 0. The molecule has 3 aromatic carbocycles. The maximum Gasteiger partial charge on any atom is 0.132 e. The minimum Gasteiger partial charge on any atom is -0.489 e. The monoisotopic (exact) mass is 340 g/mol. The average molecular weight is 340 g/mol. The van der Waals surface area contributed by atoms with Crippen molar-refractivity contribution in [2.75, 3.05) is 5.43 Å². The molecule has 0 aromatic heterocycles. The van der Waals surface area contributed by atoms with E-state index in [1.165, 1.54) is 12.1 Å². The van der Waals surface area contributed by atoms with Crippen molar-refractivity contribution in [3.63, 3.8) is 0 Å². The van der Waals surface area contributed by atoms with Crippen LogP contribution in [-0.4, -0.2) is 0 Å². The summed E-state index contributed by atoms with van der Waals surface area (Å²) in [5.41, 5.74) is 8.62. The van der Waals surface area contributed by atoms with Crippen LogP contribution in [0.25, 0.3) is 0 Å². The molecular formula is C20H18F2N2O. The summed E-state index contributed by atoms with van der Waals surface area (Å²) in [6.07, 6.45) is 0. The van der Waals surface area contributed by atoms with E-state index in [1.54, 1.807) is 0 Å². The Morgan fingerprint density at radius 3 is 2.32 bits per heavy atom. The Kier molecular flexibility index (Phi) is 5.59. The summed E-state index contributed by atoms with van der Waals surface area (Å²) in [7, 11) is 0. The van der Waals surface area contributed by atoms with Crippen molar-refractivity contribution in [1.82, 2.24) is 5.43 Å². The summed E-state index contributed by atoms with van der Waals surface area (Å²) < 4.78 is 32.0. The normalized spacial score (nSPS) is 10.5. The summed E-state index contributed by atoms with van der Waals surface area (Å²) >= 11 is 0. The van der Waals surface area contributed by atoms with E-state index in [-0.39, 0.29) is 6.61 Å². The van der Waals surface area contributed by atoms with E-state index in [0.717, 1.165) is 17.3 Å². The van der Waals surface area contributed by atoms with E-state index in [9.17, 15) is 8.78 Å². The molecule has 0 aliphatic heterocycles. The number of hydrazine groups is 1. The highest BCUT2D eigenvalue weighted by atomic mass is 19.1. The van der Waals surface area contributed by atoms with Crippen molar-refractivity contribution in [2.24, 2.45) is 0 Å². The first-order valence-electron chi connectivity index (χ1n) is 7.90. The van der Waals surface area contributed by atoms with Crippen LogP contribution in [0.1, 0.15) is 11.1 Å².